The summed E-state index contributed by atoms with van der Waals surface area (Å²) in [5.41, 5.74) is 0.656. The summed E-state index contributed by atoms with van der Waals surface area (Å²) in [5.74, 6) is -0.00873. The minimum absolute atomic E-state index is 0.00873. The predicted molar refractivity (Wildman–Crippen MR) is 84.3 cm³/mol. The number of aliphatic hydroxyl groups excluding tert-OH is 1. The van der Waals surface area contributed by atoms with E-state index in [1.807, 2.05) is 18.3 Å². The molecule has 21 heavy (non-hydrogen) atoms. The fourth-order valence-electron chi connectivity index (χ4n) is 3.37. The van der Waals surface area contributed by atoms with Crippen LogP contribution in [-0.2, 0) is 0 Å². The molecule has 1 atom stereocenters. The van der Waals surface area contributed by atoms with Gasteiger partial charge in [0.2, 0.25) is 0 Å². The Balaban J connectivity index is 1.96. The molecule has 4 heteroatoms. The Hall–Kier alpha value is -1.29. The normalized spacial score (nSPS) is 17.9. The Morgan fingerprint density at radius 2 is 2.14 bits per heavy atom. The predicted octanol–water partition coefficient (Wildman–Crippen LogP) is 3.13. The average Bonchev–Trinajstić information content (AvgIpc) is 3.04. The molecule has 1 saturated carbocycles. The summed E-state index contributed by atoms with van der Waals surface area (Å²) in [7, 11) is 0. The number of aromatic nitrogens is 1. The molecule has 4 nitrogen and oxygen atoms in total. The zero-order valence-electron chi connectivity index (χ0n) is 13.4. The Morgan fingerprint density at radius 1 is 1.48 bits per heavy atom. The van der Waals surface area contributed by atoms with E-state index in [4.69, 9.17) is 0 Å². The van der Waals surface area contributed by atoms with E-state index in [-0.39, 0.29) is 17.4 Å². The van der Waals surface area contributed by atoms with Crippen molar-refractivity contribution in [2.24, 2.45) is 5.41 Å². The number of carbonyl (C=O) groups is 1. The first-order valence-electron chi connectivity index (χ1n) is 8.02. The van der Waals surface area contributed by atoms with Gasteiger partial charge < -0.3 is 15.0 Å². The third-order valence-corrected chi connectivity index (χ3v) is 4.31. The van der Waals surface area contributed by atoms with Crippen LogP contribution in [0.3, 0.4) is 0 Å². The van der Waals surface area contributed by atoms with E-state index >= 15 is 0 Å². The number of hydrogen-bond acceptors (Lipinski definition) is 2. The third-order valence-electron chi connectivity index (χ3n) is 4.31. The molecule has 1 unspecified atom stereocenters. The van der Waals surface area contributed by atoms with Gasteiger partial charge in [-0.3, -0.25) is 4.79 Å². The van der Waals surface area contributed by atoms with Crippen molar-refractivity contribution in [1.82, 2.24) is 9.88 Å². The summed E-state index contributed by atoms with van der Waals surface area (Å²) in [5, 5.41) is 12.5. The molecule has 1 fully saturated rings. The van der Waals surface area contributed by atoms with Gasteiger partial charge >= 0.3 is 0 Å². The van der Waals surface area contributed by atoms with E-state index in [9.17, 15) is 9.90 Å². The molecule has 1 heterocycles. The van der Waals surface area contributed by atoms with Gasteiger partial charge in [-0.2, -0.15) is 0 Å². The minimum atomic E-state index is -0.348. The molecule has 118 valence electrons. The SMILES string of the molecule is CC(O)CC(C)(C)CNC(=O)c1cccn1C1CCCC1. The van der Waals surface area contributed by atoms with Crippen LogP contribution in [0, 0.1) is 5.41 Å². The summed E-state index contributed by atoms with van der Waals surface area (Å²) < 4.78 is 2.13. The van der Waals surface area contributed by atoms with Crippen LogP contribution in [-0.4, -0.2) is 28.2 Å². The number of rotatable bonds is 6. The second kappa shape index (κ2) is 6.65. The van der Waals surface area contributed by atoms with E-state index in [1.165, 1.54) is 25.7 Å². The highest BCUT2D eigenvalue weighted by Crippen LogP contribution is 2.30. The Labute approximate surface area is 127 Å². The summed E-state index contributed by atoms with van der Waals surface area (Å²) in [6, 6.07) is 4.33. The maximum atomic E-state index is 12.4. The summed E-state index contributed by atoms with van der Waals surface area (Å²) >= 11 is 0. The first kappa shape index (κ1) is 16.1. The first-order chi connectivity index (χ1) is 9.89. The molecule has 0 bridgehead atoms. The topological polar surface area (TPSA) is 54.3 Å². The number of aliphatic hydroxyl groups is 1. The van der Waals surface area contributed by atoms with E-state index in [2.05, 4.69) is 23.7 Å². The van der Waals surface area contributed by atoms with Gasteiger partial charge in [-0.05, 0) is 43.7 Å². The van der Waals surface area contributed by atoms with E-state index in [1.54, 1.807) is 6.92 Å². The molecule has 0 saturated heterocycles. The second-order valence-corrected chi connectivity index (χ2v) is 7.14. The lowest BCUT2D eigenvalue weighted by atomic mass is 9.87. The van der Waals surface area contributed by atoms with Crippen molar-refractivity contribution in [3.05, 3.63) is 24.0 Å². The number of carbonyl (C=O) groups excluding carboxylic acids is 1. The maximum Gasteiger partial charge on any atom is 0.267 e. The Kier molecular flexibility index (Phi) is 5.09. The van der Waals surface area contributed by atoms with Gasteiger partial charge in [0.15, 0.2) is 0 Å². The van der Waals surface area contributed by atoms with Gasteiger partial charge in [0.1, 0.15) is 5.69 Å². The summed E-state index contributed by atoms with van der Waals surface area (Å²) in [6.07, 6.45) is 7.20. The number of amides is 1. The van der Waals surface area contributed by atoms with Crippen LogP contribution in [0.4, 0.5) is 0 Å². The molecule has 1 aliphatic rings. The second-order valence-electron chi connectivity index (χ2n) is 7.14. The van der Waals surface area contributed by atoms with Crippen LogP contribution in [0.15, 0.2) is 18.3 Å². The van der Waals surface area contributed by atoms with E-state index in [0.29, 0.717) is 19.0 Å². The summed E-state index contributed by atoms with van der Waals surface area (Å²) in [4.78, 5) is 12.4. The van der Waals surface area contributed by atoms with Crippen LogP contribution < -0.4 is 5.32 Å². The molecule has 2 N–H and O–H groups in total. The zero-order valence-corrected chi connectivity index (χ0v) is 13.4. The molecule has 0 aromatic carbocycles. The average molecular weight is 292 g/mol. The van der Waals surface area contributed by atoms with Crippen molar-refractivity contribution >= 4 is 5.91 Å². The molecular weight excluding hydrogens is 264 g/mol. The van der Waals surface area contributed by atoms with Crippen LogP contribution in [0.2, 0.25) is 0 Å². The molecule has 0 spiro atoms. The molecule has 2 rings (SSSR count). The molecule has 1 aromatic rings. The van der Waals surface area contributed by atoms with Gasteiger partial charge in [0.05, 0.1) is 6.10 Å². The van der Waals surface area contributed by atoms with Crippen LogP contribution in [0.25, 0.3) is 0 Å². The van der Waals surface area contributed by atoms with E-state index in [0.717, 1.165) is 5.69 Å². The minimum Gasteiger partial charge on any atom is -0.393 e. The zero-order chi connectivity index (χ0) is 15.5. The fourth-order valence-corrected chi connectivity index (χ4v) is 3.37. The lowest BCUT2D eigenvalue weighted by Gasteiger charge is -2.26. The van der Waals surface area contributed by atoms with Crippen molar-refractivity contribution in [3.63, 3.8) is 0 Å². The molecule has 0 aliphatic heterocycles. The Bertz CT molecular complexity index is 471. The van der Waals surface area contributed by atoms with Gasteiger partial charge in [0, 0.05) is 18.8 Å². The highest BCUT2D eigenvalue weighted by molar-refractivity contribution is 5.92. The van der Waals surface area contributed by atoms with Crippen molar-refractivity contribution < 1.29 is 9.90 Å². The number of hydrogen-bond donors (Lipinski definition) is 2. The quantitative estimate of drug-likeness (QED) is 0.846. The molecule has 1 aromatic heterocycles. The van der Waals surface area contributed by atoms with Crippen LogP contribution in [0.5, 0.6) is 0 Å². The fraction of sp³-hybridized carbons (Fsp3) is 0.706. The highest BCUT2D eigenvalue weighted by atomic mass is 16.3. The van der Waals surface area contributed by atoms with E-state index < -0.39 is 0 Å². The smallest absolute Gasteiger partial charge is 0.267 e. The highest BCUT2D eigenvalue weighted by Gasteiger charge is 2.24. The largest absolute Gasteiger partial charge is 0.393 e. The van der Waals surface area contributed by atoms with Crippen molar-refractivity contribution in [2.45, 2.75) is 65.0 Å². The van der Waals surface area contributed by atoms with Gasteiger partial charge in [-0.25, -0.2) is 0 Å². The van der Waals surface area contributed by atoms with Crippen LogP contribution >= 0.6 is 0 Å². The summed E-state index contributed by atoms with van der Waals surface area (Å²) in [6.45, 7) is 6.49. The molecular formula is C17H28N2O2. The van der Waals surface area contributed by atoms with Crippen molar-refractivity contribution in [3.8, 4) is 0 Å². The molecule has 0 radical (unpaired) electrons. The Morgan fingerprint density at radius 3 is 2.76 bits per heavy atom. The van der Waals surface area contributed by atoms with Crippen molar-refractivity contribution in [2.75, 3.05) is 6.54 Å². The van der Waals surface area contributed by atoms with Crippen molar-refractivity contribution in [1.29, 1.82) is 0 Å². The monoisotopic (exact) mass is 292 g/mol. The molecule has 1 aliphatic carbocycles. The third kappa shape index (κ3) is 4.34. The maximum absolute atomic E-state index is 12.4. The number of nitrogens with zero attached hydrogens (tertiary/aromatic N) is 1. The first-order valence-corrected chi connectivity index (χ1v) is 8.02. The lowest BCUT2D eigenvalue weighted by molar-refractivity contribution is 0.0891. The lowest BCUT2D eigenvalue weighted by Crippen LogP contribution is -2.36. The number of nitrogens with one attached hydrogen (secondary N) is 1. The van der Waals surface area contributed by atoms with Crippen LogP contribution in [0.1, 0.15) is 69.4 Å². The standard InChI is InChI=1S/C17H28N2O2/c1-13(20)11-17(2,3)12-18-16(21)15-9-6-10-19(15)14-7-4-5-8-14/h6,9-10,13-14,20H,4-5,7-8,11-12H2,1-3H3,(H,18,21). The van der Waals surface area contributed by atoms with Gasteiger partial charge in [0.25, 0.3) is 5.91 Å². The molecule has 1 amide bonds. The van der Waals surface area contributed by atoms with Gasteiger partial charge in [-0.15, -0.1) is 0 Å². The van der Waals surface area contributed by atoms with Gasteiger partial charge in [-0.1, -0.05) is 26.7 Å².